The molecule has 0 aromatic heterocycles. The first-order valence-corrected chi connectivity index (χ1v) is 25.1. The van der Waals surface area contributed by atoms with Gasteiger partial charge in [0.2, 0.25) is 0 Å². The predicted molar refractivity (Wildman–Crippen MR) is 254 cm³/mol. The van der Waals surface area contributed by atoms with Gasteiger partial charge < -0.3 is 53.1 Å². The van der Waals surface area contributed by atoms with Gasteiger partial charge in [0.1, 0.15) is 18.0 Å². The molecule has 6 aliphatic rings. The molecule has 0 radical (unpaired) electrons. The Labute approximate surface area is 387 Å². The van der Waals surface area contributed by atoms with E-state index in [0.717, 1.165) is 77.5 Å². The van der Waals surface area contributed by atoms with Crippen LogP contribution in [0.25, 0.3) is 0 Å². The van der Waals surface area contributed by atoms with Crippen molar-refractivity contribution in [2.45, 2.75) is 154 Å². The van der Waals surface area contributed by atoms with Gasteiger partial charge in [-0.3, -0.25) is 0 Å². The lowest BCUT2D eigenvalue weighted by Crippen LogP contribution is -3.08. The fraction of sp³-hybridized carbons (Fsp3) is 0.765. The monoisotopic (exact) mass is 895 g/mol. The normalized spacial score (nSPS) is 33.1. The number of ether oxygens (including phenoxy) is 5. The molecule has 0 atom stereocenters. The summed E-state index contributed by atoms with van der Waals surface area (Å²) in [6.45, 7) is 23.6. The number of hydrogen-bond donors (Lipinski definition) is 6. The largest absolute Gasteiger partial charge is 0.490 e. The molecule has 0 bridgehead atoms. The number of nitrogens with one attached hydrogen (secondary N) is 6. The van der Waals surface area contributed by atoms with Crippen LogP contribution in [0, 0.1) is 42.3 Å². The first-order valence-electron chi connectivity index (χ1n) is 25.1. The van der Waals surface area contributed by atoms with Gasteiger partial charge >= 0.3 is 0 Å². The molecule has 7 rings (SSSR count). The Balaban J connectivity index is 0.000000262. The number of halogens is 1. The number of likely N-dealkylation sites (tertiary alicyclic amines) is 6. The minimum atomic E-state index is -0.541. The van der Waals surface area contributed by atoms with Crippen LogP contribution in [-0.4, -0.2) is 142 Å². The van der Waals surface area contributed by atoms with Gasteiger partial charge in [0.15, 0.2) is 0 Å². The number of benzene rings is 1. The lowest BCUT2D eigenvalue weighted by Gasteiger charge is -2.31. The summed E-state index contributed by atoms with van der Waals surface area (Å²) >= 11 is 0. The average molecular weight is 895 g/mol. The van der Waals surface area contributed by atoms with Crippen molar-refractivity contribution in [2.75, 3.05) is 98.9 Å². The van der Waals surface area contributed by atoms with E-state index in [4.69, 9.17) is 23.7 Å². The highest BCUT2D eigenvalue weighted by atomic mass is 19.1. The van der Waals surface area contributed by atoms with E-state index in [2.05, 4.69) is 70.0 Å². The molecule has 0 aliphatic carbocycles. The van der Waals surface area contributed by atoms with Crippen LogP contribution in [0.4, 0.5) is 4.39 Å². The predicted octanol–water partition coefficient (Wildman–Crippen LogP) is 0.535. The van der Waals surface area contributed by atoms with Gasteiger partial charge in [-0.15, -0.1) is 0 Å². The highest BCUT2D eigenvalue weighted by Gasteiger charge is 2.21. The van der Waals surface area contributed by atoms with Crippen LogP contribution in [0.15, 0.2) is 30.3 Å². The molecule has 370 valence electrons. The number of methoxy groups -OCH3 is 1. The number of quaternary nitrogens is 6. The van der Waals surface area contributed by atoms with E-state index in [-0.39, 0.29) is 0 Å². The Morgan fingerprint density at radius 3 is 1.21 bits per heavy atom. The zero-order chi connectivity index (χ0) is 46.2. The van der Waals surface area contributed by atoms with E-state index in [0.29, 0.717) is 49.5 Å². The van der Waals surface area contributed by atoms with E-state index in [1.807, 2.05) is 30.3 Å². The molecule has 0 amide bonds. The molecule has 63 heavy (non-hydrogen) atoms. The summed E-state index contributed by atoms with van der Waals surface area (Å²) in [6, 6.07) is 10.1. The maximum atomic E-state index is 12.3. The third kappa shape index (κ3) is 29.7. The first kappa shape index (κ1) is 57.7. The van der Waals surface area contributed by atoms with Crippen molar-refractivity contribution in [3.8, 4) is 5.75 Å². The van der Waals surface area contributed by atoms with E-state index in [1.165, 1.54) is 120 Å². The Hall–Kier alpha value is -1.45. The van der Waals surface area contributed by atoms with Crippen molar-refractivity contribution < 1.29 is 57.5 Å². The Morgan fingerprint density at radius 1 is 0.508 bits per heavy atom. The summed E-state index contributed by atoms with van der Waals surface area (Å²) in [5.41, 5.74) is 0. The standard InChI is InChI=1S/C12H17NO.2C9H19NO.C8H17NO.C7H15NO.C6H12FN/c1-13-9-7-12(8-10-13)14-11-5-3-2-4-6-11;1-8(2)11-9-4-6-10(3)7-5-9;1-3-8-11-9-4-6-10(2)7-5-9;1-3-10-8-4-6-9(2)7-5-8;1-8-5-3-7(9-2)4-6-8;1-8-4-2-6(7)3-5-8/h2-6,12-13H,1,7-10H2;8-10H,3-7H2,1-2H3;9-10H,2-8H2,1H3;8-9H,2-7H2,1H3;7-8H,1,3-6H2,2H3;6,8H,1-5H2. The summed E-state index contributed by atoms with van der Waals surface area (Å²) in [4.78, 5) is 8.19. The van der Waals surface area contributed by atoms with E-state index in [1.54, 1.807) is 7.11 Å². The number of piperidine rings is 6. The molecule has 6 saturated heterocycles. The molecule has 6 N–H and O–H groups in total. The molecule has 0 saturated carbocycles. The van der Waals surface area contributed by atoms with Crippen LogP contribution in [-0.2, 0) is 18.9 Å². The number of alkyl halides is 1. The second-order valence-electron chi connectivity index (χ2n) is 18.8. The summed E-state index contributed by atoms with van der Waals surface area (Å²) in [5, 5.41) is 0. The molecule has 1 aromatic rings. The molecule has 6 heterocycles. The van der Waals surface area contributed by atoms with Crippen LogP contribution in [0.1, 0.15) is 111 Å². The summed E-state index contributed by atoms with van der Waals surface area (Å²) in [7, 11) is 25.4. The van der Waals surface area contributed by atoms with Gasteiger partial charge in [-0.2, -0.15) is 42.3 Å². The maximum absolute atomic E-state index is 12.3. The second kappa shape index (κ2) is 35.7. The number of rotatable bonds is 10. The third-order valence-corrected chi connectivity index (χ3v) is 12.6. The average Bonchev–Trinajstić information content (AvgIpc) is 3.29. The SMILES string of the molecule is [CH2-][NH+]1CCC(F)CC1.[CH2-][NH+]1CCC(OC(C)C)CC1.[CH2-][NH+]1CCC(OC)CC1.[CH2-][NH+]1CCC(OCC)CC1.[CH2-][NH+]1CCC(OCCC)CC1.[CH2-][NH+]1CCC(Oc2ccccc2)CC1. The van der Waals surface area contributed by atoms with Crippen molar-refractivity contribution in [2.24, 2.45) is 0 Å². The van der Waals surface area contributed by atoms with Gasteiger partial charge in [-0.05, 0) is 39.3 Å². The number of para-hydroxylation sites is 1. The zero-order valence-corrected chi connectivity index (χ0v) is 41.2. The van der Waals surface area contributed by atoms with E-state index < -0.39 is 6.17 Å². The maximum Gasteiger partial charge on any atom is 0.119 e. The fourth-order valence-electron chi connectivity index (χ4n) is 8.41. The van der Waals surface area contributed by atoms with Gasteiger partial charge in [0.25, 0.3) is 0 Å². The smallest absolute Gasteiger partial charge is 0.119 e. The lowest BCUT2D eigenvalue weighted by atomic mass is 10.1. The quantitative estimate of drug-likeness (QED) is 0.194. The Bertz CT molecular complexity index is 1130. The first-order chi connectivity index (χ1) is 30.3. The van der Waals surface area contributed by atoms with Crippen molar-refractivity contribution in [3.05, 3.63) is 72.6 Å². The Morgan fingerprint density at radius 2 is 0.857 bits per heavy atom. The van der Waals surface area contributed by atoms with Crippen LogP contribution in [0.2, 0.25) is 0 Å². The summed E-state index contributed by atoms with van der Waals surface area (Å²) in [6.07, 6.45) is 16.5. The molecule has 0 unspecified atom stereocenters. The van der Waals surface area contributed by atoms with Gasteiger partial charge in [-0.1, -0.05) is 25.1 Å². The van der Waals surface area contributed by atoms with Gasteiger partial charge in [0, 0.05) is 97.4 Å². The van der Waals surface area contributed by atoms with Crippen molar-refractivity contribution in [1.29, 1.82) is 0 Å². The minimum Gasteiger partial charge on any atom is -0.490 e. The van der Waals surface area contributed by atoms with Crippen LogP contribution in [0.5, 0.6) is 5.75 Å². The summed E-state index contributed by atoms with van der Waals surface area (Å²) < 4.78 is 40.2. The van der Waals surface area contributed by atoms with Crippen LogP contribution in [0.3, 0.4) is 0 Å². The molecule has 11 nitrogen and oxygen atoms in total. The molecule has 0 spiro atoms. The minimum absolute atomic E-state index is 0.381. The highest BCUT2D eigenvalue weighted by molar-refractivity contribution is 5.21. The molecule has 12 heteroatoms. The molecular formula is C51H99FN6O5. The van der Waals surface area contributed by atoms with Crippen molar-refractivity contribution >= 4 is 0 Å². The molecule has 6 aliphatic heterocycles. The van der Waals surface area contributed by atoms with Crippen LogP contribution >= 0.6 is 0 Å². The number of hydrogen-bond acceptors (Lipinski definition) is 5. The van der Waals surface area contributed by atoms with Crippen LogP contribution < -0.4 is 34.1 Å². The fourth-order valence-corrected chi connectivity index (χ4v) is 8.41. The Kier molecular flexibility index (Phi) is 32.7. The lowest BCUT2D eigenvalue weighted by molar-refractivity contribution is -0.860. The van der Waals surface area contributed by atoms with Crippen molar-refractivity contribution in [3.63, 3.8) is 0 Å². The van der Waals surface area contributed by atoms with Crippen molar-refractivity contribution in [1.82, 2.24) is 0 Å². The molecular weight excluding hydrogens is 796 g/mol. The molecule has 6 fully saturated rings. The highest BCUT2D eigenvalue weighted by Crippen LogP contribution is 2.15. The van der Waals surface area contributed by atoms with E-state index >= 15 is 0 Å². The third-order valence-electron chi connectivity index (χ3n) is 12.6. The second-order valence-corrected chi connectivity index (χ2v) is 18.8. The van der Waals surface area contributed by atoms with Gasteiger partial charge in [0.05, 0.1) is 109 Å². The van der Waals surface area contributed by atoms with Gasteiger partial charge in [-0.25, -0.2) is 4.39 Å². The zero-order valence-electron chi connectivity index (χ0n) is 41.2. The molecule has 1 aromatic carbocycles. The summed E-state index contributed by atoms with van der Waals surface area (Å²) in [5.74, 6) is 0.991. The van der Waals surface area contributed by atoms with E-state index in [9.17, 15) is 4.39 Å². The topological polar surface area (TPSA) is 72.8 Å².